The number of nitrogens with one attached hydrogen (secondary N) is 2. The number of aromatic amines is 2. The first-order chi connectivity index (χ1) is 11.8. The number of hydrogen-bond donors (Lipinski definition) is 4. The molecule has 0 aliphatic carbocycles. The lowest BCUT2D eigenvalue weighted by Crippen LogP contribution is -2.31. The zero-order valence-corrected chi connectivity index (χ0v) is 13.8. The van der Waals surface area contributed by atoms with Crippen LogP contribution in [-0.2, 0) is 0 Å². The van der Waals surface area contributed by atoms with Gasteiger partial charge in [0.05, 0.1) is 0 Å². The highest BCUT2D eigenvalue weighted by atomic mass is 15.5. The van der Waals surface area contributed by atoms with Gasteiger partial charge in [0.15, 0.2) is 0 Å². The van der Waals surface area contributed by atoms with Crippen molar-refractivity contribution < 1.29 is 0 Å². The Morgan fingerprint density at radius 2 is 1.08 bits per heavy atom. The molecule has 24 heavy (non-hydrogen) atoms. The van der Waals surface area contributed by atoms with Crippen LogP contribution in [0.15, 0.2) is 0 Å². The van der Waals surface area contributed by atoms with Crippen molar-refractivity contribution in [2.45, 2.75) is 25.7 Å². The Bertz CT molecular complexity index is 464. The molecule has 12 nitrogen and oxygen atoms in total. The average molecular weight is 338 g/mol. The van der Waals surface area contributed by atoms with Crippen LogP contribution in [0.4, 0.5) is 11.9 Å². The van der Waals surface area contributed by atoms with Gasteiger partial charge in [-0.3, -0.25) is 0 Å². The molecule has 0 atom stereocenters. The minimum atomic E-state index is 0.613. The summed E-state index contributed by atoms with van der Waals surface area (Å²) in [4.78, 5) is 4.18. The molecule has 2 aromatic rings. The Kier molecular flexibility index (Phi) is 7.83. The fourth-order valence-corrected chi connectivity index (χ4v) is 2.37. The van der Waals surface area contributed by atoms with Crippen molar-refractivity contribution >= 4 is 11.9 Å². The predicted octanol–water partition coefficient (Wildman–Crippen LogP) is -1.50. The van der Waals surface area contributed by atoms with Gasteiger partial charge in [0.2, 0.25) is 0 Å². The van der Waals surface area contributed by atoms with E-state index in [1.807, 2.05) is 0 Å². The summed E-state index contributed by atoms with van der Waals surface area (Å²) in [6, 6.07) is 0. The minimum absolute atomic E-state index is 0.613. The minimum Gasteiger partial charge on any atom is -0.338 e. The highest BCUT2D eigenvalue weighted by Crippen LogP contribution is 2.09. The molecule has 0 saturated carbocycles. The zero-order valence-electron chi connectivity index (χ0n) is 13.8. The van der Waals surface area contributed by atoms with Gasteiger partial charge in [-0.15, -0.1) is 10.2 Å². The first-order valence-electron chi connectivity index (χ1n) is 8.22. The van der Waals surface area contributed by atoms with Crippen LogP contribution in [0.2, 0.25) is 0 Å². The monoisotopic (exact) mass is 338 g/mol. The van der Waals surface area contributed by atoms with Gasteiger partial charge in [-0.25, -0.2) is 0 Å². The maximum absolute atomic E-state index is 5.59. The standard InChI is InChI=1S/C12H26N12/c13-5-3-9-23(11-15-19-20-16-11)7-1-2-8-24(10-4-6-14)12-17-21-22-18-12/h1-10,13-14H2,(H,15,16,19,20)(H,17,18,21,22). The number of H-pyrrole nitrogens is 2. The van der Waals surface area contributed by atoms with Gasteiger partial charge in [-0.1, -0.05) is 10.2 Å². The summed E-state index contributed by atoms with van der Waals surface area (Å²) >= 11 is 0. The van der Waals surface area contributed by atoms with Gasteiger partial charge in [0.1, 0.15) is 0 Å². The summed E-state index contributed by atoms with van der Waals surface area (Å²) in [5.74, 6) is 1.23. The lowest BCUT2D eigenvalue weighted by molar-refractivity contribution is 0.627. The van der Waals surface area contributed by atoms with Crippen LogP contribution in [0.5, 0.6) is 0 Å². The van der Waals surface area contributed by atoms with E-state index in [9.17, 15) is 0 Å². The molecule has 12 heteroatoms. The zero-order chi connectivity index (χ0) is 17.0. The third-order valence-corrected chi connectivity index (χ3v) is 3.60. The number of tetrazole rings is 2. The molecule has 0 radical (unpaired) electrons. The molecule has 0 amide bonds. The van der Waals surface area contributed by atoms with Crippen molar-refractivity contribution in [3.63, 3.8) is 0 Å². The summed E-state index contributed by atoms with van der Waals surface area (Å²) in [6.07, 6.45) is 3.74. The predicted molar refractivity (Wildman–Crippen MR) is 89.4 cm³/mol. The molecule has 0 fully saturated rings. The van der Waals surface area contributed by atoms with E-state index >= 15 is 0 Å². The second kappa shape index (κ2) is 10.4. The number of aromatic nitrogens is 8. The normalized spacial score (nSPS) is 10.9. The molecule has 0 spiro atoms. The van der Waals surface area contributed by atoms with E-state index in [1.165, 1.54) is 0 Å². The molecule has 0 unspecified atom stereocenters. The Balaban J connectivity index is 1.77. The Hall–Kier alpha value is -2.34. The quantitative estimate of drug-likeness (QED) is 0.315. The van der Waals surface area contributed by atoms with E-state index in [2.05, 4.69) is 51.0 Å². The number of unbranched alkanes of at least 4 members (excludes halogenated alkanes) is 1. The van der Waals surface area contributed by atoms with Crippen LogP contribution in [0.25, 0.3) is 0 Å². The average Bonchev–Trinajstić information content (AvgIpc) is 3.30. The molecule has 2 heterocycles. The number of nitrogens with zero attached hydrogens (tertiary/aromatic N) is 8. The molecule has 0 aromatic carbocycles. The highest BCUT2D eigenvalue weighted by Gasteiger charge is 2.12. The van der Waals surface area contributed by atoms with Crippen LogP contribution < -0.4 is 21.3 Å². The smallest absolute Gasteiger partial charge is 0.265 e. The van der Waals surface area contributed by atoms with Gasteiger partial charge in [-0.05, 0) is 49.2 Å². The van der Waals surface area contributed by atoms with Gasteiger partial charge < -0.3 is 21.3 Å². The molecule has 2 rings (SSSR count). The van der Waals surface area contributed by atoms with E-state index in [4.69, 9.17) is 11.5 Å². The fraction of sp³-hybridized carbons (Fsp3) is 0.833. The van der Waals surface area contributed by atoms with E-state index in [-0.39, 0.29) is 0 Å². The molecule has 6 N–H and O–H groups in total. The number of nitrogens with two attached hydrogens (primary N) is 2. The molecular formula is C12H26N12. The second-order valence-electron chi connectivity index (χ2n) is 5.39. The van der Waals surface area contributed by atoms with E-state index < -0.39 is 0 Å². The van der Waals surface area contributed by atoms with Crippen molar-refractivity contribution in [2.75, 3.05) is 49.1 Å². The summed E-state index contributed by atoms with van der Waals surface area (Å²) < 4.78 is 0. The number of anilines is 2. The third-order valence-electron chi connectivity index (χ3n) is 3.60. The van der Waals surface area contributed by atoms with Crippen molar-refractivity contribution in [2.24, 2.45) is 11.5 Å². The van der Waals surface area contributed by atoms with Crippen molar-refractivity contribution in [1.29, 1.82) is 0 Å². The van der Waals surface area contributed by atoms with E-state index in [1.54, 1.807) is 0 Å². The SMILES string of the molecule is NCCCN(CCCCN(CCCN)c1nn[nH]n1)c1nn[nH]n1. The lowest BCUT2D eigenvalue weighted by Gasteiger charge is -2.22. The summed E-state index contributed by atoms with van der Waals surface area (Å²) in [5, 5.41) is 28.4. The van der Waals surface area contributed by atoms with Crippen LogP contribution >= 0.6 is 0 Å². The fourth-order valence-electron chi connectivity index (χ4n) is 2.37. The van der Waals surface area contributed by atoms with Crippen LogP contribution in [0.3, 0.4) is 0 Å². The van der Waals surface area contributed by atoms with E-state index in [0.717, 1.165) is 51.9 Å². The third kappa shape index (κ3) is 5.70. The van der Waals surface area contributed by atoms with E-state index in [0.29, 0.717) is 25.0 Å². The van der Waals surface area contributed by atoms with Crippen LogP contribution in [0, 0.1) is 0 Å². The first kappa shape index (κ1) is 18.0. The van der Waals surface area contributed by atoms with Gasteiger partial charge >= 0.3 is 0 Å². The topological polar surface area (TPSA) is 167 Å². The second-order valence-corrected chi connectivity index (χ2v) is 5.39. The van der Waals surface area contributed by atoms with Gasteiger partial charge in [0.25, 0.3) is 11.9 Å². The summed E-state index contributed by atoms with van der Waals surface area (Å²) in [6.45, 7) is 4.60. The molecule has 0 saturated heterocycles. The Morgan fingerprint density at radius 3 is 1.42 bits per heavy atom. The molecular weight excluding hydrogens is 312 g/mol. The Morgan fingerprint density at radius 1 is 0.667 bits per heavy atom. The van der Waals surface area contributed by atoms with Crippen LogP contribution in [0.1, 0.15) is 25.7 Å². The Labute approximate surface area is 140 Å². The molecule has 2 aromatic heterocycles. The highest BCUT2D eigenvalue weighted by molar-refractivity contribution is 5.26. The summed E-state index contributed by atoms with van der Waals surface area (Å²) in [5.41, 5.74) is 11.2. The molecule has 0 aliphatic rings. The maximum atomic E-state index is 5.59. The molecule has 0 aliphatic heterocycles. The van der Waals surface area contributed by atoms with Crippen LogP contribution in [-0.4, -0.2) is 80.5 Å². The van der Waals surface area contributed by atoms with Gasteiger partial charge in [-0.2, -0.15) is 10.4 Å². The number of hydrogen-bond acceptors (Lipinski definition) is 10. The van der Waals surface area contributed by atoms with Crippen molar-refractivity contribution in [3.05, 3.63) is 0 Å². The van der Waals surface area contributed by atoms with Gasteiger partial charge in [0, 0.05) is 26.2 Å². The van der Waals surface area contributed by atoms with Crippen molar-refractivity contribution in [3.8, 4) is 0 Å². The molecule has 134 valence electrons. The largest absolute Gasteiger partial charge is 0.338 e. The lowest BCUT2D eigenvalue weighted by atomic mass is 10.2. The van der Waals surface area contributed by atoms with Crippen molar-refractivity contribution in [1.82, 2.24) is 41.2 Å². The summed E-state index contributed by atoms with van der Waals surface area (Å²) in [7, 11) is 0. The first-order valence-corrected chi connectivity index (χ1v) is 8.22. The molecule has 0 bridgehead atoms. The number of rotatable bonds is 13. The maximum Gasteiger partial charge on any atom is 0.265 e.